The van der Waals surface area contributed by atoms with Gasteiger partial charge in [0.2, 0.25) is 0 Å². The Morgan fingerprint density at radius 2 is 2.05 bits per heavy atom. The van der Waals surface area contributed by atoms with Crippen LogP contribution in [-0.4, -0.2) is 27.8 Å². The van der Waals surface area contributed by atoms with Crippen molar-refractivity contribution in [3.8, 4) is 0 Å². The van der Waals surface area contributed by atoms with Gasteiger partial charge < -0.3 is 4.74 Å². The van der Waals surface area contributed by atoms with E-state index in [1.54, 1.807) is 0 Å². The summed E-state index contributed by atoms with van der Waals surface area (Å²) in [5.41, 5.74) is 1.15. The third-order valence-electron chi connectivity index (χ3n) is 3.51. The molecule has 0 amide bonds. The van der Waals surface area contributed by atoms with Gasteiger partial charge in [-0.2, -0.15) is 5.10 Å². The molecule has 1 unspecified atom stereocenters. The zero-order valence-electron chi connectivity index (χ0n) is 12.4. The number of carbonyl (C=O) groups is 1. The first-order chi connectivity index (χ1) is 8.89. The quantitative estimate of drug-likeness (QED) is 0.770. The second kappa shape index (κ2) is 6.66. The predicted octanol–water partition coefficient (Wildman–Crippen LogP) is 3.29. The minimum absolute atomic E-state index is 0.104. The standard InChI is InChI=1S/C14H23BrN2O2/c1-6-14(5,19-8-3)12(18)9-11-13(15)10(4)16-17(11)7-2/h6-9H2,1-5H3. The summed E-state index contributed by atoms with van der Waals surface area (Å²) in [6.45, 7) is 11.0. The average Bonchev–Trinajstić information content (AvgIpc) is 2.66. The molecule has 5 heteroatoms. The van der Waals surface area contributed by atoms with Crippen molar-refractivity contribution < 1.29 is 9.53 Å². The zero-order chi connectivity index (χ0) is 14.6. The van der Waals surface area contributed by atoms with Crippen LogP contribution in [0.4, 0.5) is 0 Å². The third-order valence-corrected chi connectivity index (χ3v) is 4.54. The van der Waals surface area contributed by atoms with Gasteiger partial charge in [-0.15, -0.1) is 0 Å². The number of aryl methyl sites for hydroxylation is 2. The van der Waals surface area contributed by atoms with Crippen LogP contribution < -0.4 is 0 Å². The molecule has 1 heterocycles. The molecule has 0 bridgehead atoms. The summed E-state index contributed by atoms with van der Waals surface area (Å²) in [7, 11) is 0. The number of Topliss-reactive ketones (excluding diaryl/α,β-unsaturated/α-hetero) is 1. The lowest BCUT2D eigenvalue weighted by molar-refractivity contribution is -0.141. The Morgan fingerprint density at radius 1 is 1.42 bits per heavy atom. The fraction of sp³-hybridized carbons (Fsp3) is 0.714. The van der Waals surface area contributed by atoms with Gasteiger partial charge in [-0.3, -0.25) is 9.48 Å². The van der Waals surface area contributed by atoms with Crippen LogP contribution in [0.15, 0.2) is 4.47 Å². The van der Waals surface area contributed by atoms with E-state index in [9.17, 15) is 4.79 Å². The van der Waals surface area contributed by atoms with E-state index in [-0.39, 0.29) is 5.78 Å². The highest BCUT2D eigenvalue weighted by Crippen LogP contribution is 2.25. The van der Waals surface area contributed by atoms with Crippen molar-refractivity contribution in [2.75, 3.05) is 6.61 Å². The molecule has 0 fully saturated rings. The minimum Gasteiger partial charge on any atom is -0.368 e. The second-order valence-corrected chi connectivity index (χ2v) is 5.57. The number of ether oxygens (including phenoxy) is 1. The highest BCUT2D eigenvalue weighted by atomic mass is 79.9. The Balaban J connectivity index is 2.99. The van der Waals surface area contributed by atoms with E-state index < -0.39 is 5.60 Å². The average molecular weight is 331 g/mol. The molecule has 0 saturated carbocycles. The van der Waals surface area contributed by atoms with Gasteiger partial charge >= 0.3 is 0 Å². The Hall–Kier alpha value is -0.680. The minimum atomic E-state index is -0.703. The van der Waals surface area contributed by atoms with E-state index >= 15 is 0 Å². The summed E-state index contributed by atoms with van der Waals surface area (Å²) in [6.07, 6.45) is 1.02. The maximum absolute atomic E-state index is 12.5. The number of aromatic nitrogens is 2. The molecular formula is C14H23BrN2O2. The maximum Gasteiger partial charge on any atom is 0.170 e. The van der Waals surface area contributed by atoms with Crippen LogP contribution in [0.25, 0.3) is 0 Å². The summed E-state index contributed by atoms with van der Waals surface area (Å²) in [4.78, 5) is 12.5. The lowest BCUT2D eigenvalue weighted by Crippen LogP contribution is -2.39. The predicted molar refractivity (Wildman–Crippen MR) is 79.4 cm³/mol. The number of halogens is 1. The number of hydrogen-bond acceptors (Lipinski definition) is 3. The molecule has 0 aliphatic rings. The summed E-state index contributed by atoms with van der Waals surface area (Å²) in [6, 6.07) is 0. The van der Waals surface area contributed by atoms with Gasteiger partial charge in [0.1, 0.15) is 5.60 Å². The first-order valence-corrected chi connectivity index (χ1v) is 7.57. The Kier molecular flexibility index (Phi) is 5.74. The molecule has 108 valence electrons. The number of hydrogen-bond donors (Lipinski definition) is 0. The highest BCUT2D eigenvalue weighted by molar-refractivity contribution is 9.10. The molecule has 0 N–H and O–H groups in total. The maximum atomic E-state index is 12.5. The molecule has 0 aromatic carbocycles. The molecular weight excluding hydrogens is 308 g/mol. The van der Waals surface area contributed by atoms with E-state index in [1.807, 2.05) is 39.3 Å². The van der Waals surface area contributed by atoms with Gasteiger partial charge in [0.15, 0.2) is 5.78 Å². The van der Waals surface area contributed by atoms with Crippen molar-refractivity contribution in [2.24, 2.45) is 0 Å². The Labute approximate surface area is 123 Å². The molecule has 19 heavy (non-hydrogen) atoms. The van der Waals surface area contributed by atoms with Crippen LogP contribution in [0.5, 0.6) is 0 Å². The molecule has 0 aliphatic carbocycles. The molecule has 1 aromatic heterocycles. The monoisotopic (exact) mass is 330 g/mol. The molecule has 1 atom stereocenters. The van der Waals surface area contributed by atoms with Gasteiger partial charge in [0.05, 0.1) is 22.3 Å². The van der Waals surface area contributed by atoms with Crippen molar-refractivity contribution in [3.63, 3.8) is 0 Å². The van der Waals surface area contributed by atoms with Crippen LogP contribution in [0, 0.1) is 6.92 Å². The summed E-state index contributed by atoms with van der Waals surface area (Å²) < 4.78 is 8.44. The molecule has 4 nitrogen and oxygen atoms in total. The number of ketones is 1. The van der Waals surface area contributed by atoms with Gasteiger partial charge in [-0.05, 0) is 50.0 Å². The molecule has 0 aliphatic heterocycles. The van der Waals surface area contributed by atoms with Crippen molar-refractivity contribution in [3.05, 3.63) is 15.9 Å². The van der Waals surface area contributed by atoms with Crippen LogP contribution >= 0.6 is 15.9 Å². The lowest BCUT2D eigenvalue weighted by atomic mass is 9.94. The molecule has 1 rings (SSSR count). The largest absolute Gasteiger partial charge is 0.368 e. The van der Waals surface area contributed by atoms with Crippen LogP contribution in [0.2, 0.25) is 0 Å². The van der Waals surface area contributed by atoms with E-state index in [4.69, 9.17) is 4.74 Å². The topological polar surface area (TPSA) is 44.1 Å². The van der Waals surface area contributed by atoms with E-state index in [1.165, 1.54) is 0 Å². The van der Waals surface area contributed by atoms with Gasteiger partial charge in [0, 0.05) is 13.2 Å². The Bertz CT molecular complexity index is 457. The normalized spacial score (nSPS) is 14.4. The smallest absolute Gasteiger partial charge is 0.170 e. The number of rotatable bonds is 7. The van der Waals surface area contributed by atoms with Gasteiger partial charge in [-0.1, -0.05) is 6.92 Å². The summed E-state index contributed by atoms with van der Waals surface area (Å²) in [5, 5.41) is 4.41. The van der Waals surface area contributed by atoms with Crippen molar-refractivity contribution in [1.82, 2.24) is 9.78 Å². The fourth-order valence-corrected chi connectivity index (χ4v) is 2.50. The van der Waals surface area contributed by atoms with Crippen molar-refractivity contribution in [1.29, 1.82) is 0 Å². The Morgan fingerprint density at radius 3 is 2.53 bits per heavy atom. The number of carbonyl (C=O) groups excluding carboxylic acids is 1. The van der Waals surface area contributed by atoms with Gasteiger partial charge in [-0.25, -0.2) is 0 Å². The summed E-state index contributed by atoms with van der Waals surface area (Å²) in [5.74, 6) is 0.104. The highest BCUT2D eigenvalue weighted by Gasteiger charge is 2.32. The lowest BCUT2D eigenvalue weighted by Gasteiger charge is -2.26. The van der Waals surface area contributed by atoms with Crippen LogP contribution in [-0.2, 0) is 22.5 Å². The number of nitrogens with zero attached hydrogens (tertiary/aromatic N) is 2. The van der Waals surface area contributed by atoms with E-state index in [0.29, 0.717) is 19.4 Å². The van der Waals surface area contributed by atoms with E-state index in [2.05, 4.69) is 21.0 Å². The second-order valence-electron chi connectivity index (χ2n) is 4.78. The molecule has 0 saturated heterocycles. The van der Waals surface area contributed by atoms with Crippen molar-refractivity contribution >= 4 is 21.7 Å². The van der Waals surface area contributed by atoms with Crippen molar-refractivity contribution in [2.45, 2.75) is 59.6 Å². The summed E-state index contributed by atoms with van der Waals surface area (Å²) >= 11 is 3.52. The van der Waals surface area contributed by atoms with Gasteiger partial charge in [0.25, 0.3) is 0 Å². The fourth-order valence-electron chi connectivity index (χ4n) is 2.08. The third kappa shape index (κ3) is 3.45. The molecule has 1 aromatic rings. The van der Waals surface area contributed by atoms with Crippen LogP contribution in [0.1, 0.15) is 45.5 Å². The SMILES string of the molecule is CCOC(C)(CC)C(=O)Cc1c(Br)c(C)nn1CC. The van der Waals surface area contributed by atoms with E-state index in [0.717, 1.165) is 22.4 Å². The van der Waals surface area contributed by atoms with Crippen LogP contribution in [0.3, 0.4) is 0 Å². The first kappa shape index (κ1) is 16.4. The first-order valence-electron chi connectivity index (χ1n) is 6.78. The molecule has 0 spiro atoms. The zero-order valence-corrected chi connectivity index (χ0v) is 14.0. The molecule has 0 radical (unpaired) electrons.